The number of H-pyrrole nitrogens is 1. The lowest BCUT2D eigenvalue weighted by Crippen LogP contribution is -2.11. The van der Waals surface area contributed by atoms with Crippen molar-refractivity contribution in [1.29, 1.82) is 0 Å². The monoisotopic (exact) mass is 314 g/mol. The van der Waals surface area contributed by atoms with Crippen molar-refractivity contribution in [2.24, 2.45) is 0 Å². The first-order valence-corrected chi connectivity index (χ1v) is 7.57. The lowest BCUT2D eigenvalue weighted by atomic mass is 10.0. The quantitative estimate of drug-likeness (QED) is 0.631. The highest BCUT2D eigenvalue weighted by Gasteiger charge is 2.07. The van der Waals surface area contributed by atoms with E-state index in [-0.39, 0.29) is 5.56 Å². The second-order valence-electron chi connectivity index (χ2n) is 5.36. The molecule has 2 aromatic carbocycles. The van der Waals surface area contributed by atoms with Gasteiger partial charge in [0.25, 0.3) is 5.56 Å². The molecule has 4 rings (SSSR count). The van der Waals surface area contributed by atoms with Gasteiger partial charge in [0.15, 0.2) is 0 Å². The van der Waals surface area contributed by atoms with Crippen molar-refractivity contribution in [3.05, 3.63) is 89.5 Å². The molecule has 2 aromatic heterocycles. The van der Waals surface area contributed by atoms with Crippen LogP contribution in [0.3, 0.4) is 0 Å². The minimum Gasteiger partial charge on any atom is -0.267 e. The third-order valence-corrected chi connectivity index (χ3v) is 3.82. The molecule has 0 atom stereocenters. The Morgan fingerprint density at radius 2 is 1.67 bits per heavy atom. The molecule has 0 aliphatic heterocycles. The van der Waals surface area contributed by atoms with Crippen LogP contribution in [0.4, 0.5) is 0 Å². The summed E-state index contributed by atoms with van der Waals surface area (Å²) in [6.45, 7) is 0. The van der Waals surface area contributed by atoms with Gasteiger partial charge in [-0.15, -0.1) is 0 Å². The van der Waals surface area contributed by atoms with E-state index in [1.54, 1.807) is 10.9 Å². The van der Waals surface area contributed by atoms with Crippen LogP contribution < -0.4 is 5.56 Å². The number of aromatic amines is 1. The molecule has 0 unspecified atom stereocenters. The normalized spacial score (nSPS) is 10.7. The van der Waals surface area contributed by atoms with E-state index in [0.29, 0.717) is 5.56 Å². The number of nitrogens with one attached hydrogen (secondary N) is 1. The van der Waals surface area contributed by atoms with Crippen molar-refractivity contribution in [2.75, 3.05) is 0 Å². The Bertz CT molecular complexity index is 1000. The van der Waals surface area contributed by atoms with Gasteiger partial charge in [-0.3, -0.25) is 4.79 Å². The van der Waals surface area contributed by atoms with E-state index in [2.05, 4.69) is 15.3 Å². The molecule has 4 aromatic rings. The molecule has 0 amide bonds. The van der Waals surface area contributed by atoms with Crippen molar-refractivity contribution >= 4 is 0 Å². The first-order chi connectivity index (χ1) is 11.8. The van der Waals surface area contributed by atoms with E-state index in [1.165, 1.54) is 0 Å². The molecule has 0 spiro atoms. The fraction of sp³-hybridized carbons (Fsp3) is 0. The maximum Gasteiger partial charge on any atom is 0.272 e. The molecule has 1 N–H and O–H groups in total. The van der Waals surface area contributed by atoms with Gasteiger partial charge in [0.2, 0.25) is 0 Å². The van der Waals surface area contributed by atoms with Crippen LogP contribution in [0.5, 0.6) is 0 Å². The molecule has 0 saturated carbocycles. The average molecular weight is 314 g/mol. The van der Waals surface area contributed by atoms with Crippen LogP contribution in [-0.4, -0.2) is 20.0 Å². The molecule has 0 aliphatic rings. The predicted molar refractivity (Wildman–Crippen MR) is 92.9 cm³/mol. The first-order valence-electron chi connectivity index (χ1n) is 7.57. The largest absolute Gasteiger partial charge is 0.272 e. The summed E-state index contributed by atoms with van der Waals surface area (Å²) in [6, 6.07) is 21.1. The van der Waals surface area contributed by atoms with E-state index >= 15 is 0 Å². The highest BCUT2D eigenvalue weighted by Crippen LogP contribution is 2.22. The fourth-order valence-corrected chi connectivity index (χ4v) is 2.59. The zero-order chi connectivity index (χ0) is 16.4. The van der Waals surface area contributed by atoms with Crippen molar-refractivity contribution in [2.45, 2.75) is 0 Å². The molecule has 5 nitrogen and oxygen atoms in total. The van der Waals surface area contributed by atoms with E-state index in [4.69, 9.17) is 0 Å². The molecular weight excluding hydrogens is 300 g/mol. The summed E-state index contributed by atoms with van der Waals surface area (Å²) in [6.07, 6.45) is 3.63. The minimum absolute atomic E-state index is 0.196. The highest BCUT2D eigenvalue weighted by atomic mass is 16.1. The Morgan fingerprint density at radius 1 is 0.875 bits per heavy atom. The summed E-state index contributed by atoms with van der Waals surface area (Å²) in [7, 11) is 0. The number of nitrogens with zero attached hydrogens (tertiary/aromatic N) is 3. The average Bonchev–Trinajstić information content (AvgIpc) is 3.18. The van der Waals surface area contributed by atoms with Gasteiger partial charge in [-0.25, -0.2) is 9.78 Å². The lowest BCUT2D eigenvalue weighted by Gasteiger charge is -2.06. The minimum atomic E-state index is -0.196. The van der Waals surface area contributed by atoms with Crippen molar-refractivity contribution in [3.8, 4) is 28.1 Å². The second kappa shape index (κ2) is 5.96. The van der Waals surface area contributed by atoms with Crippen LogP contribution in [0.2, 0.25) is 0 Å². The molecular formula is C19H14N4O. The maximum absolute atomic E-state index is 12.1. The molecule has 24 heavy (non-hydrogen) atoms. The van der Waals surface area contributed by atoms with Crippen LogP contribution in [-0.2, 0) is 0 Å². The van der Waals surface area contributed by atoms with Crippen LogP contribution in [0.25, 0.3) is 28.1 Å². The zero-order valence-corrected chi connectivity index (χ0v) is 12.8. The predicted octanol–water partition coefficient (Wildman–Crippen LogP) is 3.29. The topological polar surface area (TPSA) is 63.6 Å². The molecule has 0 saturated heterocycles. The molecule has 2 heterocycles. The van der Waals surface area contributed by atoms with Crippen molar-refractivity contribution in [1.82, 2.24) is 20.0 Å². The standard InChI is InChI=1S/C19H14N4O/c24-19-17(14-5-2-1-3-6-14)13-18(21-22-19)15-7-9-16(10-8-15)23-12-4-11-20-23/h1-13H,(H,22,24). The number of rotatable bonds is 3. The smallest absolute Gasteiger partial charge is 0.267 e. The Hall–Kier alpha value is -3.47. The zero-order valence-electron chi connectivity index (χ0n) is 12.8. The Labute approximate surface area is 138 Å². The van der Waals surface area contributed by atoms with Crippen LogP contribution in [0, 0.1) is 0 Å². The van der Waals surface area contributed by atoms with Gasteiger partial charge < -0.3 is 0 Å². The first kappa shape index (κ1) is 14.1. The van der Waals surface area contributed by atoms with Gasteiger partial charge in [-0.1, -0.05) is 42.5 Å². The Balaban J connectivity index is 1.73. The number of hydrogen-bond donors (Lipinski definition) is 1. The summed E-state index contributed by atoms with van der Waals surface area (Å²) in [4.78, 5) is 12.1. The maximum atomic E-state index is 12.1. The summed E-state index contributed by atoms with van der Waals surface area (Å²) in [5.41, 5.74) is 3.90. The van der Waals surface area contributed by atoms with Crippen molar-refractivity contribution < 1.29 is 0 Å². The Morgan fingerprint density at radius 3 is 2.38 bits per heavy atom. The van der Waals surface area contributed by atoms with Crippen LogP contribution in [0.1, 0.15) is 0 Å². The molecule has 116 valence electrons. The molecule has 0 aliphatic carbocycles. The van der Waals surface area contributed by atoms with E-state index < -0.39 is 0 Å². The second-order valence-corrected chi connectivity index (χ2v) is 5.36. The summed E-state index contributed by atoms with van der Waals surface area (Å²) < 4.78 is 1.79. The van der Waals surface area contributed by atoms with E-state index in [0.717, 1.165) is 22.5 Å². The lowest BCUT2D eigenvalue weighted by molar-refractivity contribution is 0.880. The number of hydrogen-bond acceptors (Lipinski definition) is 3. The summed E-state index contributed by atoms with van der Waals surface area (Å²) >= 11 is 0. The fourth-order valence-electron chi connectivity index (χ4n) is 2.59. The third-order valence-electron chi connectivity index (χ3n) is 3.82. The molecule has 5 heteroatoms. The summed E-state index contributed by atoms with van der Waals surface area (Å²) in [5, 5.41) is 11.0. The van der Waals surface area contributed by atoms with E-state index in [9.17, 15) is 4.79 Å². The molecule has 0 bridgehead atoms. The van der Waals surface area contributed by atoms with Gasteiger partial charge in [-0.2, -0.15) is 10.2 Å². The van der Waals surface area contributed by atoms with Gasteiger partial charge in [0.05, 0.1) is 16.9 Å². The van der Waals surface area contributed by atoms with E-state index in [1.807, 2.05) is 72.9 Å². The van der Waals surface area contributed by atoms with Gasteiger partial charge in [-0.05, 0) is 29.8 Å². The molecule has 0 fully saturated rings. The molecule has 0 radical (unpaired) electrons. The third kappa shape index (κ3) is 2.63. The summed E-state index contributed by atoms with van der Waals surface area (Å²) in [5.74, 6) is 0. The SMILES string of the molecule is O=c1[nH]nc(-c2ccc(-n3cccn3)cc2)cc1-c1ccccc1. The van der Waals surface area contributed by atoms with Gasteiger partial charge >= 0.3 is 0 Å². The number of benzene rings is 2. The Kier molecular flexibility index (Phi) is 3.51. The van der Waals surface area contributed by atoms with Crippen molar-refractivity contribution in [3.63, 3.8) is 0 Å². The highest BCUT2D eigenvalue weighted by molar-refractivity contribution is 5.69. The van der Waals surface area contributed by atoms with Gasteiger partial charge in [0, 0.05) is 18.0 Å². The van der Waals surface area contributed by atoms with Gasteiger partial charge in [0.1, 0.15) is 0 Å². The van der Waals surface area contributed by atoms with Crippen LogP contribution >= 0.6 is 0 Å². The van der Waals surface area contributed by atoms with Crippen LogP contribution in [0.15, 0.2) is 83.9 Å². The number of aromatic nitrogens is 4.